The predicted molar refractivity (Wildman–Crippen MR) is 63.0 cm³/mol. The summed E-state index contributed by atoms with van der Waals surface area (Å²) in [4.78, 5) is 4.14. The number of rotatable bonds is 7. The van der Waals surface area contributed by atoms with Crippen molar-refractivity contribution < 1.29 is 4.52 Å². The summed E-state index contributed by atoms with van der Waals surface area (Å²) in [5.74, 6) is 2.53. The zero-order valence-corrected chi connectivity index (χ0v) is 10.4. The molecule has 0 amide bonds. The summed E-state index contributed by atoms with van der Waals surface area (Å²) >= 11 is 0. The summed E-state index contributed by atoms with van der Waals surface area (Å²) in [5.41, 5.74) is 5.69. The second kappa shape index (κ2) is 6.60. The number of nitrogens with two attached hydrogens (primary N) is 1. The lowest BCUT2D eigenvalue weighted by Gasteiger charge is -2.18. The maximum Gasteiger partial charge on any atom is 0.227 e. The fraction of sp³-hybridized carbons (Fsp3) is 0.818. The van der Waals surface area contributed by atoms with Gasteiger partial charge in [0.2, 0.25) is 5.89 Å². The Bertz CT molecular complexity index is 298. The third-order valence-electron chi connectivity index (χ3n) is 2.74. The number of aryl methyl sites for hydroxylation is 1. The molecular formula is C11H22N4O. The van der Waals surface area contributed by atoms with Crippen molar-refractivity contribution in [3.63, 3.8) is 0 Å². The third-order valence-corrected chi connectivity index (χ3v) is 2.74. The van der Waals surface area contributed by atoms with Gasteiger partial charge in [-0.3, -0.25) is 0 Å². The van der Waals surface area contributed by atoms with Crippen molar-refractivity contribution in [2.45, 2.75) is 27.2 Å². The van der Waals surface area contributed by atoms with Gasteiger partial charge in [-0.25, -0.2) is 0 Å². The van der Waals surface area contributed by atoms with Gasteiger partial charge in [0.1, 0.15) is 0 Å². The Morgan fingerprint density at radius 1 is 1.44 bits per heavy atom. The minimum atomic E-state index is 0.532. The standard InChI is InChI=1S/C11H22N4O/c1-8(2)10(6-12)7-13-5-4-11-14-9(3)15-16-11/h8,10,13H,4-7,12H2,1-3H3. The van der Waals surface area contributed by atoms with E-state index in [0.717, 1.165) is 26.1 Å². The molecule has 0 fully saturated rings. The molecule has 3 N–H and O–H groups in total. The van der Waals surface area contributed by atoms with E-state index < -0.39 is 0 Å². The van der Waals surface area contributed by atoms with Crippen molar-refractivity contribution in [2.24, 2.45) is 17.6 Å². The Morgan fingerprint density at radius 2 is 2.19 bits per heavy atom. The molecule has 0 saturated carbocycles. The summed E-state index contributed by atoms with van der Waals surface area (Å²) in [6.45, 7) is 8.74. The molecule has 5 heteroatoms. The first-order valence-electron chi connectivity index (χ1n) is 5.83. The second-order valence-electron chi connectivity index (χ2n) is 4.43. The van der Waals surface area contributed by atoms with Crippen LogP contribution in [0.3, 0.4) is 0 Å². The molecule has 1 unspecified atom stereocenters. The van der Waals surface area contributed by atoms with Crippen LogP contribution in [0.4, 0.5) is 0 Å². The zero-order valence-electron chi connectivity index (χ0n) is 10.4. The van der Waals surface area contributed by atoms with E-state index in [2.05, 4.69) is 29.3 Å². The molecule has 1 aromatic heterocycles. The smallest absolute Gasteiger partial charge is 0.227 e. The molecule has 0 radical (unpaired) electrons. The van der Waals surface area contributed by atoms with E-state index in [9.17, 15) is 0 Å². The topological polar surface area (TPSA) is 77.0 Å². The number of aromatic nitrogens is 2. The van der Waals surface area contributed by atoms with Crippen LogP contribution in [0.1, 0.15) is 25.6 Å². The molecule has 0 aliphatic rings. The minimum Gasteiger partial charge on any atom is -0.339 e. The Balaban J connectivity index is 2.16. The van der Waals surface area contributed by atoms with Gasteiger partial charge in [-0.2, -0.15) is 4.98 Å². The van der Waals surface area contributed by atoms with Gasteiger partial charge in [-0.1, -0.05) is 19.0 Å². The molecule has 5 nitrogen and oxygen atoms in total. The van der Waals surface area contributed by atoms with Crippen LogP contribution in [0.5, 0.6) is 0 Å². The van der Waals surface area contributed by atoms with Crippen molar-refractivity contribution in [3.05, 3.63) is 11.7 Å². The summed E-state index contributed by atoms with van der Waals surface area (Å²) in [7, 11) is 0. The Labute approximate surface area is 96.8 Å². The van der Waals surface area contributed by atoms with E-state index in [4.69, 9.17) is 10.3 Å². The fourth-order valence-electron chi connectivity index (χ4n) is 1.52. The summed E-state index contributed by atoms with van der Waals surface area (Å²) in [6, 6.07) is 0. The van der Waals surface area contributed by atoms with E-state index in [-0.39, 0.29) is 0 Å². The molecule has 1 heterocycles. The molecule has 92 valence electrons. The largest absolute Gasteiger partial charge is 0.339 e. The molecule has 1 rings (SSSR count). The summed E-state index contributed by atoms with van der Waals surface area (Å²) < 4.78 is 5.02. The first-order valence-corrected chi connectivity index (χ1v) is 5.83. The van der Waals surface area contributed by atoms with E-state index in [1.165, 1.54) is 0 Å². The van der Waals surface area contributed by atoms with Gasteiger partial charge in [0.25, 0.3) is 0 Å². The molecule has 0 saturated heterocycles. The summed E-state index contributed by atoms with van der Waals surface area (Å²) in [5, 5.41) is 7.11. The highest BCUT2D eigenvalue weighted by Gasteiger charge is 2.10. The molecule has 0 aromatic carbocycles. The van der Waals surface area contributed by atoms with E-state index in [1.54, 1.807) is 0 Å². The van der Waals surface area contributed by atoms with Gasteiger partial charge >= 0.3 is 0 Å². The van der Waals surface area contributed by atoms with Gasteiger partial charge in [0.15, 0.2) is 5.82 Å². The normalized spacial score (nSPS) is 13.3. The lowest BCUT2D eigenvalue weighted by molar-refractivity contribution is 0.354. The highest BCUT2D eigenvalue weighted by molar-refractivity contribution is 4.83. The number of nitrogens with one attached hydrogen (secondary N) is 1. The van der Waals surface area contributed by atoms with Crippen molar-refractivity contribution in [2.75, 3.05) is 19.6 Å². The van der Waals surface area contributed by atoms with Crippen molar-refractivity contribution in [1.29, 1.82) is 0 Å². The average molecular weight is 226 g/mol. The van der Waals surface area contributed by atoms with Crippen LogP contribution in [0, 0.1) is 18.8 Å². The van der Waals surface area contributed by atoms with Crippen molar-refractivity contribution >= 4 is 0 Å². The van der Waals surface area contributed by atoms with Crippen LogP contribution >= 0.6 is 0 Å². The van der Waals surface area contributed by atoms with Crippen molar-refractivity contribution in [1.82, 2.24) is 15.5 Å². The molecule has 16 heavy (non-hydrogen) atoms. The monoisotopic (exact) mass is 226 g/mol. The number of nitrogens with zero attached hydrogens (tertiary/aromatic N) is 2. The number of hydrogen-bond acceptors (Lipinski definition) is 5. The lowest BCUT2D eigenvalue weighted by atomic mass is 9.96. The average Bonchev–Trinajstić information content (AvgIpc) is 2.64. The third kappa shape index (κ3) is 4.28. The van der Waals surface area contributed by atoms with Gasteiger partial charge in [0, 0.05) is 13.0 Å². The first-order chi connectivity index (χ1) is 7.63. The van der Waals surface area contributed by atoms with Crippen LogP contribution in [-0.2, 0) is 6.42 Å². The van der Waals surface area contributed by atoms with Gasteiger partial charge in [-0.05, 0) is 31.8 Å². The van der Waals surface area contributed by atoms with Crippen LogP contribution in [-0.4, -0.2) is 29.8 Å². The molecule has 1 aromatic rings. The molecule has 0 bridgehead atoms. The molecule has 1 atom stereocenters. The summed E-state index contributed by atoms with van der Waals surface area (Å²) in [6.07, 6.45) is 0.774. The van der Waals surface area contributed by atoms with Crippen LogP contribution in [0.25, 0.3) is 0 Å². The highest BCUT2D eigenvalue weighted by atomic mass is 16.5. The van der Waals surface area contributed by atoms with E-state index in [1.807, 2.05) is 6.92 Å². The van der Waals surface area contributed by atoms with Crippen molar-refractivity contribution in [3.8, 4) is 0 Å². The van der Waals surface area contributed by atoms with Gasteiger partial charge in [-0.15, -0.1) is 0 Å². The van der Waals surface area contributed by atoms with Crippen LogP contribution in [0.2, 0.25) is 0 Å². The first kappa shape index (κ1) is 13.1. The van der Waals surface area contributed by atoms with Crippen LogP contribution < -0.4 is 11.1 Å². The molecule has 0 aliphatic carbocycles. The molecule has 0 spiro atoms. The Morgan fingerprint density at radius 3 is 2.69 bits per heavy atom. The molecular weight excluding hydrogens is 204 g/mol. The Kier molecular flexibility index (Phi) is 5.42. The quantitative estimate of drug-likeness (QED) is 0.671. The zero-order chi connectivity index (χ0) is 12.0. The maximum absolute atomic E-state index is 5.69. The highest BCUT2D eigenvalue weighted by Crippen LogP contribution is 2.07. The van der Waals surface area contributed by atoms with E-state index >= 15 is 0 Å². The van der Waals surface area contributed by atoms with Crippen LogP contribution in [0.15, 0.2) is 4.52 Å². The van der Waals surface area contributed by atoms with Gasteiger partial charge in [0.05, 0.1) is 0 Å². The minimum absolute atomic E-state index is 0.532. The van der Waals surface area contributed by atoms with Gasteiger partial charge < -0.3 is 15.6 Å². The number of hydrogen-bond donors (Lipinski definition) is 2. The predicted octanol–water partition coefficient (Wildman–Crippen LogP) is 0.741. The van der Waals surface area contributed by atoms with E-state index in [0.29, 0.717) is 23.6 Å². The Hall–Kier alpha value is -0.940. The lowest BCUT2D eigenvalue weighted by Crippen LogP contribution is -2.32. The second-order valence-corrected chi connectivity index (χ2v) is 4.43. The molecule has 0 aliphatic heterocycles. The maximum atomic E-state index is 5.69. The fourth-order valence-corrected chi connectivity index (χ4v) is 1.52. The SMILES string of the molecule is Cc1noc(CCNCC(CN)C(C)C)n1.